The number of rotatable bonds is 7. The molecule has 8 nitrogen and oxygen atoms in total. The molecule has 1 aromatic carbocycles. The van der Waals surface area contributed by atoms with Gasteiger partial charge in [0.1, 0.15) is 5.25 Å². The number of ether oxygens (including phenoxy) is 3. The lowest BCUT2D eigenvalue weighted by Gasteiger charge is -2.27. The maximum Gasteiger partial charge on any atom is 0.262 e. The molecule has 2 aliphatic heterocycles. The van der Waals surface area contributed by atoms with E-state index in [0.29, 0.717) is 42.8 Å². The van der Waals surface area contributed by atoms with E-state index in [1.54, 1.807) is 14.2 Å². The molecule has 1 unspecified atom stereocenters. The van der Waals surface area contributed by atoms with Gasteiger partial charge in [-0.25, -0.2) is 0 Å². The molecule has 0 bridgehead atoms. The van der Waals surface area contributed by atoms with Crippen molar-refractivity contribution in [2.75, 3.05) is 47.1 Å². The summed E-state index contributed by atoms with van der Waals surface area (Å²) in [5, 5.41) is 3.14. The number of amides is 2. The Morgan fingerprint density at radius 2 is 2.04 bits per heavy atom. The number of nitrogens with one attached hydrogen (secondary N) is 1. The fraction of sp³-hybridized carbons (Fsp3) is 0.526. The zero-order valence-electron chi connectivity index (χ0n) is 16.1. The third kappa shape index (κ3) is 5.17. The highest BCUT2D eigenvalue weighted by Gasteiger charge is 2.33. The zero-order chi connectivity index (χ0) is 19.9. The second kappa shape index (κ2) is 9.79. The lowest BCUT2D eigenvalue weighted by Crippen LogP contribution is -2.39. The third-order valence-electron chi connectivity index (χ3n) is 4.57. The van der Waals surface area contributed by atoms with E-state index in [-0.39, 0.29) is 18.2 Å². The van der Waals surface area contributed by atoms with Crippen molar-refractivity contribution in [2.24, 2.45) is 4.99 Å². The van der Waals surface area contributed by atoms with E-state index in [1.165, 1.54) is 11.8 Å². The summed E-state index contributed by atoms with van der Waals surface area (Å²) in [6.07, 6.45) is 0.792. The Kier molecular flexibility index (Phi) is 7.16. The van der Waals surface area contributed by atoms with Gasteiger partial charge in [-0.3, -0.25) is 9.59 Å². The van der Waals surface area contributed by atoms with Crippen LogP contribution in [0.2, 0.25) is 0 Å². The summed E-state index contributed by atoms with van der Waals surface area (Å²) in [4.78, 5) is 30.5. The van der Waals surface area contributed by atoms with Crippen LogP contribution in [0.5, 0.6) is 11.5 Å². The van der Waals surface area contributed by atoms with Gasteiger partial charge in [0.2, 0.25) is 5.91 Å². The highest BCUT2D eigenvalue weighted by Crippen LogP contribution is 2.28. The van der Waals surface area contributed by atoms with E-state index in [9.17, 15) is 9.59 Å². The molecule has 28 heavy (non-hydrogen) atoms. The molecule has 3 rings (SSSR count). The average molecular weight is 407 g/mol. The summed E-state index contributed by atoms with van der Waals surface area (Å²) in [5.41, 5.74) is 1.03. The fourth-order valence-electron chi connectivity index (χ4n) is 3.02. The van der Waals surface area contributed by atoms with Crippen molar-refractivity contribution >= 4 is 28.7 Å². The second-order valence-electron chi connectivity index (χ2n) is 6.43. The molecule has 152 valence electrons. The Morgan fingerprint density at radius 1 is 1.29 bits per heavy atom. The molecule has 0 radical (unpaired) electrons. The molecule has 1 fully saturated rings. The number of thioether (sulfide) groups is 1. The quantitative estimate of drug-likeness (QED) is 0.723. The van der Waals surface area contributed by atoms with Crippen LogP contribution in [0.25, 0.3) is 0 Å². The number of hydrogen-bond donors (Lipinski definition) is 1. The normalized spacial score (nSPS) is 19.4. The summed E-state index contributed by atoms with van der Waals surface area (Å²) in [6.45, 7) is 3.20. The van der Waals surface area contributed by atoms with E-state index in [4.69, 9.17) is 14.2 Å². The van der Waals surface area contributed by atoms with Gasteiger partial charge in [-0.1, -0.05) is 17.8 Å². The van der Waals surface area contributed by atoms with Crippen LogP contribution in [-0.4, -0.2) is 74.2 Å². The highest BCUT2D eigenvalue weighted by atomic mass is 32.2. The second-order valence-corrected chi connectivity index (χ2v) is 7.60. The lowest BCUT2D eigenvalue weighted by atomic mass is 10.1. The first-order valence-corrected chi connectivity index (χ1v) is 10.1. The minimum Gasteiger partial charge on any atom is -0.493 e. The topological polar surface area (TPSA) is 89.5 Å². The Balaban J connectivity index is 1.43. The van der Waals surface area contributed by atoms with Gasteiger partial charge >= 0.3 is 0 Å². The molecule has 1 N–H and O–H groups in total. The highest BCUT2D eigenvalue weighted by molar-refractivity contribution is 8.15. The average Bonchev–Trinajstić information content (AvgIpc) is 3.08. The molecule has 0 aliphatic carbocycles. The smallest absolute Gasteiger partial charge is 0.262 e. The van der Waals surface area contributed by atoms with Crippen LogP contribution in [0.4, 0.5) is 0 Å². The molecule has 2 heterocycles. The number of carbonyl (C=O) groups excluding carboxylic acids is 2. The number of nitrogens with zero attached hydrogens (tertiary/aromatic N) is 2. The van der Waals surface area contributed by atoms with Gasteiger partial charge < -0.3 is 24.4 Å². The first-order valence-electron chi connectivity index (χ1n) is 9.20. The molecule has 0 aromatic heterocycles. The van der Waals surface area contributed by atoms with E-state index < -0.39 is 5.25 Å². The molecule has 0 spiro atoms. The van der Waals surface area contributed by atoms with Crippen LogP contribution in [-0.2, 0) is 20.7 Å². The van der Waals surface area contributed by atoms with Gasteiger partial charge in [0, 0.05) is 26.1 Å². The van der Waals surface area contributed by atoms with Crippen molar-refractivity contribution in [3.8, 4) is 11.5 Å². The summed E-state index contributed by atoms with van der Waals surface area (Å²) in [6, 6.07) is 5.67. The van der Waals surface area contributed by atoms with Crippen LogP contribution in [0, 0.1) is 0 Å². The molecule has 9 heteroatoms. The number of amidine groups is 1. The van der Waals surface area contributed by atoms with Crippen molar-refractivity contribution in [1.82, 2.24) is 10.2 Å². The molecule has 2 amide bonds. The minimum atomic E-state index is -0.445. The number of methoxy groups -OCH3 is 2. The molecular weight excluding hydrogens is 382 g/mol. The molecule has 0 saturated carbocycles. The molecule has 1 saturated heterocycles. The maximum atomic E-state index is 12.2. The van der Waals surface area contributed by atoms with E-state index >= 15 is 0 Å². The van der Waals surface area contributed by atoms with Gasteiger partial charge in [0.25, 0.3) is 5.91 Å². The minimum absolute atomic E-state index is 0.132. The van der Waals surface area contributed by atoms with Crippen LogP contribution < -0.4 is 14.8 Å². The number of morpholine rings is 1. The number of carbonyl (C=O) groups is 2. The summed E-state index contributed by atoms with van der Waals surface area (Å²) < 4.78 is 15.8. The molecule has 1 aromatic rings. The van der Waals surface area contributed by atoms with E-state index in [2.05, 4.69) is 10.3 Å². The zero-order valence-corrected chi connectivity index (χ0v) is 16.9. The SMILES string of the molecule is COc1ccc(CCNC(=O)CC2SC(N3CCOCC3)=NC2=O)cc1OC. The Labute approximate surface area is 168 Å². The van der Waals surface area contributed by atoms with Crippen LogP contribution in [0.1, 0.15) is 12.0 Å². The third-order valence-corrected chi connectivity index (χ3v) is 5.78. The van der Waals surface area contributed by atoms with Gasteiger partial charge in [-0.2, -0.15) is 4.99 Å². The van der Waals surface area contributed by atoms with Crippen molar-refractivity contribution < 1.29 is 23.8 Å². The van der Waals surface area contributed by atoms with Gasteiger partial charge in [-0.05, 0) is 24.1 Å². The van der Waals surface area contributed by atoms with Gasteiger partial charge in [0.15, 0.2) is 16.7 Å². The molecule has 1 atom stereocenters. The van der Waals surface area contributed by atoms with Crippen molar-refractivity contribution in [3.05, 3.63) is 23.8 Å². The van der Waals surface area contributed by atoms with Crippen molar-refractivity contribution in [3.63, 3.8) is 0 Å². The van der Waals surface area contributed by atoms with E-state index in [0.717, 1.165) is 18.7 Å². The fourth-order valence-corrected chi connectivity index (χ4v) is 4.14. The van der Waals surface area contributed by atoms with Gasteiger partial charge in [0.05, 0.1) is 27.4 Å². The molecular formula is C19H25N3O5S. The standard InChI is InChI=1S/C19H25N3O5S/c1-25-14-4-3-13(11-15(14)26-2)5-6-20-17(23)12-16-18(24)21-19(28-16)22-7-9-27-10-8-22/h3-4,11,16H,5-10,12H2,1-2H3,(H,20,23). The van der Waals surface area contributed by atoms with Crippen molar-refractivity contribution in [1.29, 1.82) is 0 Å². The summed E-state index contributed by atoms with van der Waals surface area (Å²) in [5.74, 6) is 0.946. The Morgan fingerprint density at radius 3 is 2.75 bits per heavy atom. The number of hydrogen-bond acceptors (Lipinski definition) is 7. The Bertz CT molecular complexity index is 749. The van der Waals surface area contributed by atoms with E-state index in [1.807, 2.05) is 23.1 Å². The first kappa shape index (κ1) is 20.5. The first-order chi connectivity index (χ1) is 13.6. The van der Waals surface area contributed by atoms with Crippen molar-refractivity contribution in [2.45, 2.75) is 18.1 Å². The monoisotopic (exact) mass is 407 g/mol. The maximum absolute atomic E-state index is 12.2. The predicted molar refractivity (Wildman–Crippen MR) is 107 cm³/mol. The number of benzene rings is 1. The van der Waals surface area contributed by atoms with Gasteiger partial charge in [-0.15, -0.1) is 0 Å². The van der Waals surface area contributed by atoms with Crippen LogP contribution >= 0.6 is 11.8 Å². The van der Waals surface area contributed by atoms with Crippen LogP contribution in [0.3, 0.4) is 0 Å². The predicted octanol–water partition coefficient (Wildman–Crippen LogP) is 1.08. The largest absolute Gasteiger partial charge is 0.493 e. The molecule has 2 aliphatic rings. The summed E-state index contributed by atoms with van der Waals surface area (Å²) >= 11 is 1.37. The number of aliphatic imine (C=N–C) groups is 1. The summed E-state index contributed by atoms with van der Waals surface area (Å²) in [7, 11) is 3.18. The Hall–Kier alpha value is -2.26. The lowest BCUT2D eigenvalue weighted by molar-refractivity contribution is -0.124. The van der Waals surface area contributed by atoms with Crippen LogP contribution in [0.15, 0.2) is 23.2 Å².